The second-order valence-corrected chi connectivity index (χ2v) is 2.99. The first-order chi connectivity index (χ1) is 3.93. The van der Waals surface area contributed by atoms with Gasteiger partial charge >= 0.3 is 0 Å². The van der Waals surface area contributed by atoms with E-state index >= 15 is 0 Å². The van der Waals surface area contributed by atoms with Crippen molar-refractivity contribution in [3.05, 3.63) is 23.5 Å². The summed E-state index contributed by atoms with van der Waals surface area (Å²) in [6, 6.07) is 0. The molecule has 0 amide bonds. The number of hydrogen-bond donors (Lipinski definition) is 0. The summed E-state index contributed by atoms with van der Waals surface area (Å²) < 4.78 is 0. The molecule has 0 aromatic carbocycles. The molecule has 1 atom stereocenters. The average molecular weight is 126 g/mol. The van der Waals surface area contributed by atoms with E-state index < -0.39 is 0 Å². The molecule has 8 heavy (non-hydrogen) atoms. The molecule has 0 aliphatic carbocycles. The molecule has 0 nitrogen and oxygen atoms in total. The van der Waals surface area contributed by atoms with Gasteiger partial charge in [-0.15, -0.1) is 0 Å². The molecule has 1 heterocycles. The van der Waals surface area contributed by atoms with Gasteiger partial charge < -0.3 is 0 Å². The van der Waals surface area contributed by atoms with E-state index in [1.165, 1.54) is 18.2 Å². The Labute approximate surface area is 52.5 Å². The first kappa shape index (κ1) is 6.04. The molecule has 0 aromatic heterocycles. The Hall–Kier alpha value is -0.0900. The van der Waals surface area contributed by atoms with Crippen molar-refractivity contribution in [3.8, 4) is 0 Å². The van der Waals surface area contributed by atoms with Crippen LogP contribution in [-0.2, 0) is 0 Å². The molecule has 0 aromatic rings. The zero-order valence-electron chi connectivity index (χ0n) is 5.15. The molecule has 0 spiro atoms. The predicted octanol–water partition coefficient (Wildman–Crippen LogP) is 2.53. The minimum absolute atomic E-state index is 1.04. The van der Waals surface area contributed by atoms with E-state index in [1.807, 2.05) is 0 Å². The summed E-state index contributed by atoms with van der Waals surface area (Å²) in [4.78, 5) is 0. The number of hydrogen-bond acceptors (Lipinski definition) is 0. The van der Waals surface area contributed by atoms with E-state index in [0.29, 0.717) is 0 Å². The van der Waals surface area contributed by atoms with E-state index in [-0.39, 0.29) is 0 Å². The molecule has 1 aliphatic rings. The van der Waals surface area contributed by atoms with Crippen molar-refractivity contribution in [1.82, 2.24) is 0 Å². The lowest BCUT2D eigenvalue weighted by molar-refractivity contribution is 1.15. The lowest BCUT2D eigenvalue weighted by atomic mass is 10.2. The van der Waals surface area contributed by atoms with Gasteiger partial charge in [-0.2, -0.15) is 0 Å². The summed E-state index contributed by atoms with van der Waals surface area (Å²) in [6.07, 6.45) is 6.96. The summed E-state index contributed by atoms with van der Waals surface area (Å²) in [6.45, 7) is 2.20. The van der Waals surface area contributed by atoms with Gasteiger partial charge in [0.25, 0.3) is 0 Å². The van der Waals surface area contributed by atoms with E-state index in [1.54, 1.807) is 0 Å². The molecule has 0 bridgehead atoms. The highest BCUT2D eigenvalue weighted by atomic mass is 31.1. The molecule has 0 radical (unpaired) electrons. The minimum Gasteiger partial charge on any atom is -0.0942 e. The van der Waals surface area contributed by atoms with Crippen LogP contribution in [0.1, 0.15) is 13.3 Å². The molecule has 0 N–H and O–H groups in total. The van der Waals surface area contributed by atoms with Gasteiger partial charge in [-0.05, 0) is 18.2 Å². The minimum atomic E-state index is 1.04. The molecule has 44 valence electrons. The molecule has 0 fully saturated rings. The quantitative estimate of drug-likeness (QED) is 0.473. The van der Waals surface area contributed by atoms with E-state index in [9.17, 15) is 0 Å². The van der Waals surface area contributed by atoms with Crippen molar-refractivity contribution in [1.29, 1.82) is 0 Å². The molecule has 0 saturated heterocycles. The fraction of sp³-hybridized carbons (Fsp3) is 0.429. The van der Waals surface area contributed by atoms with Crippen LogP contribution < -0.4 is 0 Å². The Balaban J connectivity index is 2.51. The van der Waals surface area contributed by atoms with Crippen LogP contribution in [0.25, 0.3) is 0 Å². The van der Waals surface area contributed by atoms with Gasteiger partial charge in [-0.1, -0.05) is 33.5 Å². The molecule has 1 rings (SSSR count). The second-order valence-electron chi connectivity index (χ2n) is 1.88. The standard InChI is InChI=1S/C7H11P/c1-2-7-4-3-5-8-6-7/h3-4,6,8H,2,5H2,1H3. The highest BCUT2D eigenvalue weighted by Gasteiger charge is 1.90. The van der Waals surface area contributed by atoms with Gasteiger partial charge in [-0.25, -0.2) is 0 Å². The van der Waals surface area contributed by atoms with Crippen LogP contribution in [0.2, 0.25) is 0 Å². The maximum Gasteiger partial charge on any atom is -0.0134 e. The SMILES string of the molecule is CCC1=CPCC=C1. The van der Waals surface area contributed by atoms with Crippen LogP contribution in [0, 0.1) is 0 Å². The zero-order valence-corrected chi connectivity index (χ0v) is 6.15. The predicted molar refractivity (Wildman–Crippen MR) is 40.7 cm³/mol. The fourth-order valence-electron chi connectivity index (χ4n) is 0.736. The van der Waals surface area contributed by atoms with E-state index in [2.05, 4.69) is 24.9 Å². The molecular weight excluding hydrogens is 115 g/mol. The third kappa shape index (κ3) is 1.45. The zero-order chi connectivity index (χ0) is 5.82. The summed E-state index contributed by atoms with van der Waals surface area (Å²) in [5.74, 6) is 2.35. The lowest BCUT2D eigenvalue weighted by Crippen LogP contribution is -1.78. The fourth-order valence-corrected chi connectivity index (χ4v) is 1.67. The molecule has 1 aliphatic heterocycles. The molecule has 0 saturated carbocycles. The van der Waals surface area contributed by atoms with Gasteiger partial charge in [0.1, 0.15) is 0 Å². The van der Waals surface area contributed by atoms with Crippen LogP contribution in [0.4, 0.5) is 0 Å². The summed E-state index contributed by atoms with van der Waals surface area (Å²) >= 11 is 0. The topological polar surface area (TPSA) is 0 Å². The summed E-state index contributed by atoms with van der Waals surface area (Å²) in [5.41, 5.74) is 1.51. The van der Waals surface area contributed by atoms with Crippen molar-refractivity contribution in [2.45, 2.75) is 13.3 Å². The highest BCUT2D eigenvalue weighted by molar-refractivity contribution is 7.42. The average Bonchev–Trinajstić information content (AvgIpc) is 1.90. The van der Waals surface area contributed by atoms with Crippen molar-refractivity contribution < 1.29 is 0 Å². The van der Waals surface area contributed by atoms with E-state index in [0.717, 1.165) is 8.58 Å². The van der Waals surface area contributed by atoms with Crippen molar-refractivity contribution in [2.75, 3.05) is 6.16 Å². The Morgan fingerprint density at radius 1 is 1.75 bits per heavy atom. The van der Waals surface area contributed by atoms with Gasteiger partial charge in [-0.3, -0.25) is 0 Å². The van der Waals surface area contributed by atoms with Gasteiger partial charge in [0, 0.05) is 0 Å². The monoisotopic (exact) mass is 126 g/mol. The van der Waals surface area contributed by atoms with E-state index in [4.69, 9.17) is 0 Å². The Morgan fingerprint density at radius 2 is 2.62 bits per heavy atom. The van der Waals surface area contributed by atoms with Crippen molar-refractivity contribution >= 4 is 8.58 Å². The largest absolute Gasteiger partial charge is 0.0942 e. The van der Waals surface area contributed by atoms with Crippen molar-refractivity contribution in [2.24, 2.45) is 0 Å². The van der Waals surface area contributed by atoms with Gasteiger partial charge in [0.05, 0.1) is 0 Å². The summed E-state index contributed by atoms with van der Waals surface area (Å²) in [5, 5.41) is 0. The van der Waals surface area contributed by atoms with Crippen LogP contribution in [0.15, 0.2) is 23.5 Å². The smallest absolute Gasteiger partial charge is 0.0134 e. The number of rotatable bonds is 1. The second kappa shape index (κ2) is 3.04. The van der Waals surface area contributed by atoms with Gasteiger partial charge in [0.15, 0.2) is 0 Å². The van der Waals surface area contributed by atoms with Crippen LogP contribution in [0.5, 0.6) is 0 Å². The number of allylic oxidation sites excluding steroid dienone is 3. The maximum absolute atomic E-state index is 2.35. The van der Waals surface area contributed by atoms with Crippen LogP contribution >= 0.6 is 8.58 Å². The Morgan fingerprint density at radius 3 is 3.00 bits per heavy atom. The lowest BCUT2D eigenvalue weighted by Gasteiger charge is -2.01. The highest BCUT2D eigenvalue weighted by Crippen LogP contribution is 2.21. The summed E-state index contributed by atoms with van der Waals surface area (Å²) in [7, 11) is 1.04. The molecular formula is C7H11P. The van der Waals surface area contributed by atoms with Crippen molar-refractivity contribution in [3.63, 3.8) is 0 Å². The van der Waals surface area contributed by atoms with Crippen LogP contribution in [-0.4, -0.2) is 6.16 Å². The maximum atomic E-state index is 2.35. The first-order valence-electron chi connectivity index (χ1n) is 3.02. The normalized spacial score (nSPS) is 21.4. The van der Waals surface area contributed by atoms with Gasteiger partial charge in [0.2, 0.25) is 0 Å². The third-order valence-corrected chi connectivity index (χ3v) is 2.31. The first-order valence-corrected chi connectivity index (χ1v) is 4.31. The molecule has 1 heteroatoms. The van der Waals surface area contributed by atoms with Crippen LogP contribution in [0.3, 0.4) is 0 Å². The third-order valence-electron chi connectivity index (χ3n) is 1.26. The molecule has 1 unspecified atom stereocenters. The Bertz CT molecular complexity index is 122. The Kier molecular flexibility index (Phi) is 2.29.